The molecule has 0 saturated heterocycles. The van der Waals surface area contributed by atoms with E-state index < -0.39 is 0 Å². The van der Waals surface area contributed by atoms with Gasteiger partial charge >= 0.3 is 0 Å². The van der Waals surface area contributed by atoms with Gasteiger partial charge < -0.3 is 53.1 Å². The molecule has 45 heavy (non-hydrogen) atoms. The van der Waals surface area contributed by atoms with Gasteiger partial charge in [0.2, 0.25) is 0 Å². The summed E-state index contributed by atoms with van der Waals surface area (Å²) in [4.78, 5) is 0. The number of rotatable bonds is 37. The van der Waals surface area contributed by atoms with Gasteiger partial charge in [0.05, 0.1) is 119 Å². The Kier molecular flexibility index (Phi) is 32.8. The van der Waals surface area contributed by atoms with Gasteiger partial charge in [0.25, 0.3) is 0 Å². The summed E-state index contributed by atoms with van der Waals surface area (Å²) in [6.45, 7) is 12.9. The molecule has 0 amide bonds. The molecule has 0 heterocycles. The molecule has 0 aromatic heterocycles. The first-order valence-corrected chi connectivity index (χ1v) is 17.0. The van der Waals surface area contributed by atoms with Crippen molar-refractivity contribution >= 4 is 0 Å². The predicted molar refractivity (Wildman–Crippen MR) is 175 cm³/mol. The van der Waals surface area contributed by atoms with E-state index in [1.54, 1.807) is 0 Å². The second-order valence-corrected chi connectivity index (χ2v) is 10.3. The van der Waals surface area contributed by atoms with Crippen LogP contribution in [0.4, 0.5) is 0 Å². The number of hydrogen-bond donors (Lipinski definition) is 1. The second-order valence-electron chi connectivity index (χ2n) is 10.3. The molecule has 11 heteroatoms. The van der Waals surface area contributed by atoms with Crippen LogP contribution in [0.3, 0.4) is 0 Å². The molecule has 0 aliphatic heterocycles. The molecule has 11 nitrogen and oxygen atoms in total. The highest BCUT2D eigenvalue weighted by Crippen LogP contribution is 2.15. The molecule has 0 aliphatic carbocycles. The van der Waals surface area contributed by atoms with E-state index in [1.807, 2.05) is 0 Å². The van der Waals surface area contributed by atoms with Gasteiger partial charge in [-0.05, 0) is 30.5 Å². The fraction of sp³-hybridized carbons (Fsp3) is 0.824. The Morgan fingerprint density at radius 1 is 0.400 bits per heavy atom. The zero-order valence-corrected chi connectivity index (χ0v) is 28.1. The fourth-order valence-electron chi connectivity index (χ4n) is 4.02. The Morgan fingerprint density at radius 2 is 0.733 bits per heavy atom. The second kappa shape index (κ2) is 35.5. The van der Waals surface area contributed by atoms with Gasteiger partial charge in [-0.1, -0.05) is 51.2 Å². The lowest BCUT2D eigenvalue weighted by atomic mass is 10.0. The van der Waals surface area contributed by atoms with Crippen LogP contribution >= 0.6 is 0 Å². The molecule has 0 bridgehead atoms. The van der Waals surface area contributed by atoms with Gasteiger partial charge in [0, 0.05) is 6.54 Å². The zero-order valence-electron chi connectivity index (χ0n) is 28.1. The Morgan fingerprint density at radius 3 is 1.11 bits per heavy atom. The van der Waals surface area contributed by atoms with Crippen LogP contribution in [0, 0.1) is 0 Å². The van der Waals surface area contributed by atoms with Crippen molar-refractivity contribution in [1.82, 2.24) is 0 Å². The van der Waals surface area contributed by atoms with Crippen molar-refractivity contribution in [3.8, 4) is 5.75 Å². The van der Waals surface area contributed by atoms with E-state index in [4.69, 9.17) is 53.1 Å². The fourth-order valence-corrected chi connectivity index (χ4v) is 4.02. The molecule has 0 atom stereocenters. The molecule has 0 fully saturated rings. The quantitative estimate of drug-likeness (QED) is 0.106. The van der Waals surface area contributed by atoms with Crippen LogP contribution in [0.5, 0.6) is 5.75 Å². The monoisotopic (exact) mass is 645 g/mol. The van der Waals surface area contributed by atoms with E-state index in [2.05, 4.69) is 31.2 Å². The molecule has 0 radical (unpaired) electrons. The number of hydrogen-bond acceptors (Lipinski definition) is 11. The standard InChI is InChI=1S/C34H63NO10/c1-2-3-4-5-6-7-8-33-9-11-34(12-10-33)45-32-31-44-30-29-43-28-27-42-26-25-41-24-23-40-22-21-39-20-19-38-18-17-37-16-15-36-14-13-35/h9-12H,2-8,13-32,35H2,1H3. The molecule has 0 saturated carbocycles. The van der Waals surface area contributed by atoms with Gasteiger partial charge in [0.15, 0.2) is 0 Å². The van der Waals surface area contributed by atoms with Gasteiger partial charge in [-0.3, -0.25) is 0 Å². The normalized spacial score (nSPS) is 11.4. The molecule has 1 aromatic rings. The molecule has 1 rings (SSSR count). The van der Waals surface area contributed by atoms with Crippen LogP contribution < -0.4 is 10.5 Å². The average Bonchev–Trinajstić information content (AvgIpc) is 3.06. The van der Waals surface area contributed by atoms with Crippen molar-refractivity contribution in [3.63, 3.8) is 0 Å². The van der Waals surface area contributed by atoms with Crippen LogP contribution in [-0.4, -0.2) is 132 Å². The number of aryl methyl sites for hydroxylation is 1. The minimum Gasteiger partial charge on any atom is -0.491 e. The third-order valence-electron chi connectivity index (χ3n) is 6.48. The lowest BCUT2D eigenvalue weighted by Crippen LogP contribution is -2.15. The SMILES string of the molecule is CCCCCCCCc1ccc(OCCOCCOCCOCCOCCOCCOCCOCCOCCOCCN)cc1. The van der Waals surface area contributed by atoms with Crippen molar-refractivity contribution in [1.29, 1.82) is 0 Å². The highest BCUT2D eigenvalue weighted by Gasteiger charge is 1.99. The van der Waals surface area contributed by atoms with Crippen molar-refractivity contribution < 1.29 is 47.4 Å². The van der Waals surface area contributed by atoms with E-state index in [1.165, 1.54) is 44.1 Å². The van der Waals surface area contributed by atoms with E-state index in [9.17, 15) is 0 Å². The highest BCUT2D eigenvalue weighted by molar-refractivity contribution is 5.27. The topological polar surface area (TPSA) is 118 Å². The van der Waals surface area contributed by atoms with Crippen molar-refractivity contribution in [2.45, 2.75) is 51.9 Å². The number of ether oxygens (including phenoxy) is 10. The summed E-state index contributed by atoms with van der Waals surface area (Å²) in [5.41, 5.74) is 6.71. The maximum Gasteiger partial charge on any atom is 0.119 e. The van der Waals surface area contributed by atoms with E-state index in [0.717, 1.165) is 12.2 Å². The van der Waals surface area contributed by atoms with E-state index in [-0.39, 0.29) is 0 Å². The van der Waals surface area contributed by atoms with Crippen LogP contribution in [0.1, 0.15) is 51.0 Å². The molecule has 0 spiro atoms. The summed E-state index contributed by atoms with van der Waals surface area (Å²) >= 11 is 0. The molecular formula is C34H63NO10. The Balaban J connectivity index is 1.71. The summed E-state index contributed by atoms with van der Waals surface area (Å²) in [6, 6.07) is 8.44. The minimum atomic E-state index is 0.520. The predicted octanol–water partition coefficient (Wildman–Crippen LogP) is 4.08. The Bertz CT molecular complexity index is 698. The Labute approximate surface area is 272 Å². The van der Waals surface area contributed by atoms with Crippen LogP contribution in [-0.2, 0) is 49.1 Å². The first kappa shape index (κ1) is 41.6. The van der Waals surface area contributed by atoms with Gasteiger partial charge in [0.1, 0.15) is 12.4 Å². The summed E-state index contributed by atoms with van der Waals surface area (Å²) in [7, 11) is 0. The lowest BCUT2D eigenvalue weighted by Gasteiger charge is -2.09. The van der Waals surface area contributed by atoms with Gasteiger partial charge in [-0.15, -0.1) is 0 Å². The van der Waals surface area contributed by atoms with E-state index >= 15 is 0 Å². The molecule has 0 aliphatic rings. The van der Waals surface area contributed by atoms with Gasteiger partial charge in [-0.2, -0.15) is 0 Å². The number of benzene rings is 1. The molecule has 0 unspecified atom stereocenters. The highest BCUT2D eigenvalue weighted by atomic mass is 16.6. The van der Waals surface area contributed by atoms with Crippen molar-refractivity contribution in [2.75, 3.05) is 132 Å². The maximum absolute atomic E-state index is 5.77. The zero-order chi connectivity index (χ0) is 32.1. The number of unbranched alkanes of at least 4 members (excludes halogenated alkanes) is 5. The van der Waals surface area contributed by atoms with Crippen LogP contribution in [0.2, 0.25) is 0 Å². The summed E-state index contributed by atoms with van der Waals surface area (Å²) in [5, 5.41) is 0. The molecule has 1 aromatic carbocycles. The summed E-state index contributed by atoms with van der Waals surface area (Å²) in [6.07, 6.45) is 9.10. The third kappa shape index (κ3) is 31.0. The summed E-state index contributed by atoms with van der Waals surface area (Å²) in [5.74, 6) is 0.887. The first-order chi connectivity index (χ1) is 22.4. The molecular weight excluding hydrogens is 582 g/mol. The van der Waals surface area contributed by atoms with Crippen LogP contribution in [0.25, 0.3) is 0 Å². The largest absolute Gasteiger partial charge is 0.491 e. The molecule has 264 valence electrons. The average molecular weight is 646 g/mol. The third-order valence-corrected chi connectivity index (χ3v) is 6.48. The lowest BCUT2D eigenvalue weighted by molar-refractivity contribution is -0.0252. The van der Waals surface area contributed by atoms with Gasteiger partial charge in [-0.25, -0.2) is 0 Å². The molecule has 2 N–H and O–H groups in total. The first-order valence-electron chi connectivity index (χ1n) is 17.0. The maximum atomic E-state index is 5.77. The number of nitrogens with two attached hydrogens (primary N) is 1. The van der Waals surface area contributed by atoms with Crippen LogP contribution in [0.15, 0.2) is 24.3 Å². The minimum absolute atomic E-state index is 0.520. The van der Waals surface area contributed by atoms with E-state index in [0.29, 0.717) is 132 Å². The van der Waals surface area contributed by atoms with Crippen molar-refractivity contribution in [3.05, 3.63) is 29.8 Å². The Hall–Kier alpha value is -1.38. The summed E-state index contributed by atoms with van der Waals surface area (Å²) < 4.78 is 54.8. The van der Waals surface area contributed by atoms with Crippen molar-refractivity contribution in [2.24, 2.45) is 5.73 Å². The smallest absolute Gasteiger partial charge is 0.119 e.